The fourth-order valence-corrected chi connectivity index (χ4v) is 6.62. The molecule has 4 rings (SSSR count). The van der Waals surface area contributed by atoms with Crippen molar-refractivity contribution in [2.75, 3.05) is 6.61 Å². The largest absolute Gasteiger partial charge is 0.460 e. The summed E-state index contributed by atoms with van der Waals surface area (Å²) in [7, 11) is -6.96. The van der Waals surface area contributed by atoms with Crippen molar-refractivity contribution >= 4 is 10.1 Å². The molecule has 1 aliphatic heterocycles. The Balaban J connectivity index is 1.59. The summed E-state index contributed by atoms with van der Waals surface area (Å²) in [4.78, 5) is 0. The Kier molecular flexibility index (Phi) is 5.95. The number of hydrogen-bond acceptors (Lipinski definition) is 4. The van der Waals surface area contributed by atoms with E-state index >= 15 is 0 Å². The summed E-state index contributed by atoms with van der Waals surface area (Å²) in [6.07, 6.45) is -3.74. The van der Waals surface area contributed by atoms with Crippen molar-refractivity contribution in [2.24, 2.45) is 11.8 Å². The molecule has 14 heteroatoms. The van der Waals surface area contributed by atoms with E-state index in [0.29, 0.717) is 30.9 Å². The lowest BCUT2D eigenvalue weighted by Crippen LogP contribution is -2.63. The van der Waals surface area contributed by atoms with E-state index in [9.17, 15) is 47.9 Å². The first-order chi connectivity index (χ1) is 15.9. The molecule has 35 heavy (non-hydrogen) atoms. The van der Waals surface area contributed by atoms with Crippen LogP contribution in [0.2, 0.25) is 0 Å². The fourth-order valence-electron chi connectivity index (χ4n) is 5.71. The van der Waals surface area contributed by atoms with Crippen LogP contribution in [0, 0.1) is 11.8 Å². The van der Waals surface area contributed by atoms with Crippen LogP contribution >= 0.6 is 0 Å². The average molecular weight is 540 g/mol. The first-order valence-corrected chi connectivity index (χ1v) is 12.2. The first-order valence-electron chi connectivity index (χ1n) is 10.8. The Hall–Kier alpha value is -1.70. The quantitative estimate of drug-likeness (QED) is 0.337. The van der Waals surface area contributed by atoms with Gasteiger partial charge in [0.1, 0.15) is 5.75 Å². The fraction of sp³-hybridized carbons (Fsp3) is 0.714. The van der Waals surface area contributed by atoms with Crippen LogP contribution in [0.1, 0.15) is 49.7 Å². The van der Waals surface area contributed by atoms with Crippen LogP contribution in [0.5, 0.6) is 5.75 Å². The summed E-state index contributed by atoms with van der Waals surface area (Å²) >= 11 is 0. The molecule has 0 bridgehead atoms. The van der Waals surface area contributed by atoms with Crippen molar-refractivity contribution < 1.29 is 56.9 Å². The molecule has 198 valence electrons. The maximum atomic E-state index is 14.0. The molecule has 3 aliphatic rings. The molecule has 4 nitrogen and oxygen atoms in total. The predicted molar refractivity (Wildman–Crippen MR) is 103 cm³/mol. The van der Waals surface area contributed by atoms with Gasteiger partial charge in [-0.3, -0.25) is 0 Å². The first kappa shape index (κ1) is 26.4. The SMILES string of the molecule is C[C@]12CCC3c4ccc(OS(=O)(=O)C(F)(F)C(F)(F)C(F)(F)C(F)(F)F)cc4CCC3C1CCO2. The molecule has 1 saturated carbocycles. The third kappa shape index (κ3) is 3.80. The summed E-state index contributed by atoms with van der Waals surface area (Å²) in [5, 5.41) is -6.89. The van der Waals surface area contributed by atoms with Gasteiger partial charge in [-0.15, -0.1) is 0 Å². The highest BCUT2D eigenvalue weighted by Crippen LogP contribution is 2.57. The second kappa shape index (κ2) is 7.90. The van der Waals surface area contributed by atoms with Crippen LogP contribution in [-0.4, -0.2) is 43.9 Å². The Morgan fingerprint density at radius 1 is 0.971 bits per heavy atom. The van der Waals surface area contributed by atoms with Gasteiger partial charge in [-0.1, -0.05) is 6.07 Å². The normalized spacial score (nSPS) is 29.8. The Morgan fingerprint density at radius 3 is 2.26 bits per heavy atom. The summed E-state index contributed by atoms with van der Waals surface area (Å²) < 4.78 is 152. The van der Waals surface area contributed by atoms with E-state index in [1.165, 1.54) is 6.07 Å². The lowest BCUT2D eigenvalue weighted by Gasteiger charge is -2.48. The van der Waals surface area contributed by atoms with Crippen molar-refractivity contribution in [3.8, 4) is 5.75 Å². The van der Waals surface area contributed by atoms with Gasteiger partial charge < -0.3 is 8.92 Å². The number of ether oxygens (including phenoxy) is 1. The summed E-state index contributed by atoms with van der Waals surface area (Å²) in [5.41, 5.74) is 1.04. The number of halogens is 9. The minimum absolute atomic E-state index is 0.0560. The van der Waals surface area contributed by atoms with Crippen LogP contribution in [0.4, 0.5) is 39.5 Å². The molecule has 3 unspecified atom stereocenters. The van der Waals surface area contributed by atoms with Gasteiger partial charge in [-0.25, -0.2) is 0 Å². The van der Waals surface area contributed by atoms with E-state index in [0.717, 1.165) is 37.0 Å². The van der Waals surface area contributed by atoms with Crippen LogP contribution < -0.4 is 4.18 Å². The second-order valence-corrected chi connectivity index (χ2v) is 11.1. The van der Waals surface area contributed by atoms with Gasteiger partial charge in [0.2, 0.25) is 0 Å². The van der Waals surface area contributed by atoms with E-state index in [-0.39, 0.29) is 17.4 Å². The Labute approximate surface area is 194 Å². The lowest BCUT2D eigenvalue weighted by atomic mass is 9.59. The van der Waals surface area contributed by atoms with E-state index in [4.69, 9.17) is 4.74 Å². The maximum Gasteiger partial charge on any atom is 0.460 e. The molecule has 1 saturated heterocycles. The maximum absolute atomic E-state index is 14.0. The molecule has 4 atom stereocenters. The number of aryl methyl sites for hydroxylation is 1. The highest BCUT2D eigenvalue weighted by molar-refractivity contribution is 7.88. The summed E-state index contributed by atoms with van der Waals surface area (Å²) in [6.45, 7) is 2.69. The van der Waals surface area contributed by atoms with Crippen LogP contribution in [0.3, 0.4) is 0 Å². The highest BCUT2D eigenvalue weighted by atomic mass is 32.2. The van der Waals surface area contributed by atoms with E-state index in [1.54, 1.807) is 0 Å². The second-order valence-electron chi connectivity index (χ2n) is 9.47. The van der Waals surface area contributed by atoms with Gasteiger partial charge in [0.15, 0.2) is 0 Å². The van der Waals surface area contributed by atoms with Crippen molar-refractivity contribution in [1.29, 1.82) is 0 Å². The predicted octanol–water partition coefficient (Wildman–Crippen LogP) is 6.06. The topological polar surface area (TPSA) is 52.6 Å². The van der Waals surface area contributed by atoms with Crippen molar-refractivity contribution in [3.05, 3.63) is 29.3 Å². The minimum Gasteiger partial charge on any atom is -0.378 e. The van der Waals surface area contributed by atoms with Gasteiger partial charge in [-0.2, -0.15) is 47.9 Å². The van der Waals surface area contributed by atoms with Crippen molar-refractivity contribution in [3.63, 3.8) is 0 Å². The monoisotopic (exact) mass is 540 g/mol. The molecule has 0 amide bonds. The molecule has 0 N–H and O–H groups in total. The van der Waals surface area contributed by atoms with E-state index in [2.05, 4.69) is 11.1 Å². The van der Waals surface area contributed by atoms with Gasteiger partial charge in [0.25, 0.3) is 0 Å². The molecular formula is C21H21F9O4S. The molecule has 1 aromatic carbocycles. The number of benzene rings is 1. The lowest BCUT2D eigenvalue weighted by molar-refractivity contribution is -0.382. The van der Waals surface area contributed by atoms with Crippen LogP contribution in [0.15, 0.2) is 18.2 Å². The third-order valence-corrected chi connectivity index (χ3v) is 8.82. The smallest absolute Gasteiger partial charge is 0.378 e. The number of alkyl halides is 9. The Morgan fingerprint density at radius 2 is 1.63 bits per heavy atom. The summed E-state index contributed by atoms with van der Waals surface area (Å²) in [5.74, 6) is -15.0. The molecule has 0 spiro atoms. The van der Waals surface area contributed by atoms with Gasteiger partial charge in [-0.05, 0) is 80.0 Å². The molecule has 1 aromatic rings. The number of rotatable bonds is 5. The average Bonchev–Trinajstić information content (AvgIpc) is 3.13. The van der Waals surface area contributed by atoms with Crippen LogP contribution in [-0.2, 0) is 21.3 Å². The number of hydrogen-bond donors (Lipinski definition) is 0. The molecular weight excluding hydrogens is 519 g/mol. The van der Waals surface area contributed by atoms with Gasteiger partial charge in [0.05, 0.1) is 5.60 Å². The van der Waals surface area contributed by atoms with Crippen LogP contribution in [0.25, 0.3) is 0 Å². The molecule has 2 fully saturated rings. The summed E-state index contributed by atoms with van der Waals surface area (Å²) in [6, 6.07) is 3.29. The van der Waals surface area contributed by atoms with Gasteiger partial charge in [0, 0.05) is 6.61 Å². The highest BCUT2D eigenvalue weighted by Gasteiger charge is 2.86. The van der Waals surface area contributed by atoms with Crippen molar-refractivity contribution in [2.45, 2.75) is 73.8 Å². The Bertz CT molecular complexity index is 1100. The van der Waals surface area contributed by atoms with Gasteiger partial charge >= 0.3 is 33.4 Å². The molecule has 0 radical (unpaired) electrons. The third-order valence-electron chi connectivity index (χ3n) is 7.53. The standard InChI is InChI=1S/C21H21F9O4S/c1-17-8-6-14-13-5-3-12(10-11(13)2-4-15(14)16(17)7-9-33-17)34-35(31,32)21(29,30)19(24,25)18(22,23)20(26,27)28/h3,5,10,14-16H,2,4,6-9H2,1H3/t14?,15?,16?,17-/m0/s1. The molecule has 0 aromatic heterocycles. The molecule has 2 aliphatic carbocycles. The molecule has 1 heterocycles. The minimum atomic E-state index is -7.34. The van der Waals surface area contributed by atoms with E-state index in [1.807, 2.05) is 0 Å². The van der Waals surface area contributed by atoms with Crippen molar-refractivity contribution in [1.82, 2.24) is 0 Å². The zero-order valence-corrected chi connectivity index (χ0v) is 19.0. The van der Waals surface area contributed by atoms with E-state index < -0.39 is 39.1 Å². The zero-order chi connectivity index (χ0) is 26.2. The number of fused-ring (bicyclic) bond motifs is 5. The zero-order valence-electron chi connectivity index (χ0n) is 18.1.